The maximum atomic E-state index is 6.17. The fraction of sp³-hybridized carbons (Fsp3) is 0.308. The summed E-state index contributed by atoms with van der Waals surface area (Å²) >= 11 is 6.17. The van der Waals surface area contributed by atoms with Crippen molar-refractivity contribution < 1.29 is 0 Å². The van der Waals surface area contributed by atoms with E-state index >= 15 is 0 Å². The van der Waals surface area contributed by atoms with Crippen LogP contribution in [0, 0.1) is 0 Å². The topological polar surface area (TPSA) is 43.8 Å². The van der Waals surface area contributed by atoms with E-state index < -0.39 is 0 Å². The maximum Gasteiger partial charge on any atom is 0.0685 e. The van der Waals surface area contributed by atoms with E-state index in [0.717, 1.165) is 16.8 Å². The number of hydrogen-bond acceptors (Lipinski definition) is 2. The number of halogens is 1. The summed E-state index contributed by atoms with van der Waals surface area (Å²) in [5.41, 5.74) is 8.70. The van der Waals surface area contributed by atoms with Gasteiger partial charge in [0.25, 0.3) is 0 Å². The van der Waals surface area contributed by atoms with Crippen molar-refractivity contribution in [2.45, 2.75) is 26.4 Å². The Morgan fingerprint density at radius 1 is 1.35 bits per heavy atom. The zero-order valence-corrected chi connectivity index (χ0v) is 10.8. The second kappa shape index (κ2) is 4.90. The molecule has 2 aromatic rings. The largest absolute Gasteiger partial charge is 0.326 e. The van der Waals surface area contributed by atoms with E-state index in [-0.39, 0.29) is 0 Å². The minimum absolute atomic E-state index is 0.327. The smallest absolute Gasteiger partial charge is 0.0685 e. The molecule has 0 atom stereocenters. The lowest BCUT2D eigenvalue weighted by Crippen LogP contribution is -2.04. The van der Waals surface area contributed by atoms with E-state index in [0.29, 0.717) is 17.6 Å². The van der Waals surface area contributed by atoms with Crippen molar-refractivity contribution in [1.29, 1.82) is 0 Å². The molecule has 0 amide bonds. The first-order chi connectivity index (χ1) is 8.13. The second-order valence-corrected chi connectivity index (χ2v) is 4.67. The molecular formula is C13H16ClN3. The number of hydrogen-bond donors (Lipinski definition) is 1. The van der Waals surface area contributed by atoms with Crippen LogP contribution in [0.3, 0.4) is 0 Å². The van der Waals surface area contributed by atoms with E-state index in [2.05, 4.69) is 18.9 Å². The zero-order valence-electron chi connectivity index (χ0n) is 10.0. The highest BCUT2D eigenvalue weighted by Crippen LogP contribution is 2.26. The van der Waals surface area contributed by atoms with E-state index in [1.807, 2.05) is 28.9 Å². The third-order valence-electron chi connectivity index (χ3n) is 2.73. The molecule has 0 bridgehead atoms. The molecule has 4 heteroatoms. The van der Waals surface area contributed by atoms with Gasteiger partial charge in [0.05, 0.1) is 5.69 Å². The van der Waals surface area contributed by atoms with Crippen LogP contribution >= 0.6 is 11.6 Å². The van der Waals surface area contributed by atoms with Gasteiger partial charge in [-0.15, -0.1) is 0 Å². The van der Waals surface area contributed by atoms with Crippen LogP contribution in [0.15, 0.2) is 30.5 Å². The molecule has 0 aliphatic heterocycles. The van der Waals surface area contributed by atoms with Gasteiger partial charge in [0.1, 0.15) is 0 Å². The van der Waals surface area contributed by atoms with Crippen molar-refractivity contribution in [2.24, 2.45) is 5.73 Å². The van der Waals surface area contributed by atoms with E-state index in [4.69, 9.17) is 17.3 Å². The van der Waals surface area contributed by atoms with E-state index in [9.17, 15) is 0 Å². The number of benzene rings is 1. The highest BCUT2D eigenvalue weighted by Gasteiger charge is 2.09. The Labute approximate surface area is 106 Å². The molecule has 1 aromatic heterocycles. The third-order valence-corrected chi connectivity index (χ3v) is 3.08. The van der Waals surface area contributed by atoms with Crippen LogP contribution in [0.25, 0.3) is 11.3 Å². The molecule has 1 heterocycles. The number of rotatable bonds is 3. The Kier molecular flexibility index (Phi) is 3.50. The van der Waals surface area contributed by atoms with Gasteiger partial charge in [-0.1, -0.05) is 23.7 Å². The molecule has 0 aliphatic carbocycles. The normalized spacial score (nSPS) is 11.1. The van der Waals surface area contributed by atoms with Crippen LogP contribution in [0.4, 0.5) is 0 Å². The Morgan fingerprint density at radius 2 is 2.12 bits per heavy atom. The van der Waals surface area contributed by atoms with Crippen molar-refractivity contribution in [3.05, 3.63) is 41.0 Å². The molecule has 2 rings (SSSR count). The Morgan fingerprint density at radius 3 is 2.71 bits per heavy atom. The van der Waals surface area contributed by atoms with Crippen LogP contribution in [-0.2, 0) is 6.54 Å². The van der Waals surface area contributed by atoms with Gasteiger partial charge in [-0.2, -0.15) is 5.10 Å². The fourth-order valence-corrected chi connectivity index (χ4v) is 2.08. The maximum absolute atomic E-state index is 6.17. The fourth-order valence-electron chi connectivity index (χ4n) is 1.83. The summed E-state index contributed by atoms with van der Waals surface area (Å²) in [5, 5.41) is 5.02. The Hall–Kier alpha value is -1.32. The third kappa shape index (κ3) is 2.35. The average Bonchev–Trinajstić information content (AvgIpc) is 2.77. The van der Waals surface area contributed by atoms with Gasteiger partial charge in [-0.05, 0) is 31.5 Å². The van der Waals surface area contributed by atoms with Crippen LogP contribution in [-0.4, -0.2) is 9.78 Å². The van der Waals surface area contributed by atoms with Gasteiger partial charge in [0.2, 0.25) is 0 Å². The summed E-state index contributed by atoms with van der Waals surface area (Å²) in [4.78, 5) is 0. The van der Waals surface area contributed by atoms with Crippen LogP contribution in [0.2, 0.25) is 5.02 Å². The van der Waals surface area contributed by atoms with Gasteiger partial charge in [-0.25, -0.2) is 0 Å². The molecule has 0 saturated heterocycles. The summed E-state index contributed by atoms with van der Waals surface area (Å²) in [6, 6.07) is 8.26. The van der Waals surface area contributed by atoms with Gasteiger partial charge >= 0.3 is 0 Å². The zero-order chi connectivity index (χ0) is 12.4. The average molecular weight is 250 g/mol. The van der Waals surface area contributed by atoms with Crippen LogP contribution < -0.4 is 5.73 Å². The molecule has 0 saturated carbocycles. The number of nitrogens with two attached hydrogens (primary N) is 1. The highest BCUT2D eigenvalue weighted by molar-refractivity contribution is 6.31. The van der Waals surface area contributed by atoms with Gasteiger partial charge in [0, 0.05) is 29.4 Å². The quantitative estimate of drug-likeness (QED) is 0.908. The number of aromatic nitrogens is 2. The lowest BCUT2D eigenvalue weighted by atomic mass is 10.1. The molecule has 0 spiro atoms. The van der Waals surface area contributed by atoms with Gasteiger partial charge in [0.15, 0.2) is 0 Å². The van der Waals surface area contributed by atoms with Gasteiger partial charge < -0.3 is 5.73 Å². The molecule has 1 aromatic carbocycles. The first kappa shape index (κ1) is 12.1. The minimum atomic E-state index is 0.327. The Balaban J connectivity index is 2.46. The molecule has 17 heavy (non-hydrogen) atoms. The highest BCUT2D eigenvalue weighted by atomic mass is 35.5. The molecule has 0 radical (unpaired) electrons. The molecule has 0 fully saturated rings. The van der Waals surface area contributed by atoms with Crippen molar-refractivity contribution in [3.8, 4) is 11.3 Å². The number of nitrogens with zero attached hydrogens (tertiary/aromatic N) is 2. The molecule has 3 nitrogen and oxygen atoms in total. The first-order valence-corrected chi connectivity index (χ1v) is 6.03. The molecule has 0 aliphatic rings. The van der Waals surface area contributed by atoms with Crippen LogP contribution in [0.5, 0.6) is 0 Å². The summed E-state index contributed by atoms with van der Waals surface area (Å²) < 4.78 is 1.98. The molecule has 2 N–H and O–H groups in total. The van der Waals surface area contributed by atoms with Crippen molar-refractivity contribution in [3.63, 3.8) is 0 Å². The van der Waals surface area contributed by atoms with Gasteiger partial charge in [-0.3, -0.25) is 4.68 Å². The summed E-state index contributed by atoms with van der Waals surface area (Å²) in [6.07, 6.45) is 1.81. The predicted molar refractivity (Wildman–Crippen MR) is 70.9 cm³/mol. The minimum Gasteiger partial charge on any atom is -0.326 e. The monoisotopic (exact) mass is 249 g/mol. The molecule has 0 unspecified atom stereocenters. The van der Waals surface area contributed by atoms with Crippen LogP contribution in [0.1, 0.15) is 25.5 Å². The SMILES string of the molecule is CC(C)n1nccc1-c1ccc(CN)c(Cl)c1. The van der Waals surface area contributed by atoms with E-state index in [1.165, 1.54) is 0 Å². The van der Waals surface area contributed by atoms with Crippen molar-refractivity contribution in [1.82, 2.24) is 9.78 Å². The molecule has 90 valence electrons. The second-order valence-electron chi connectivity index (χ2n) is 4.27. The predicted octanol–water partition coefficient (Wildman–Crippen LogP) is 3.24. The molecular weight excluding hydrogens is 234 g/mol. The van der Waals surface area contributed by atoms with Crippen molar-refractivity contribution in [2.75, 3.05) is 0 Å². The standard InChI is InChI=1S/C13H16ClN3/c1-9(2)17-13(5-6-16-17)10-3-4-11(8-15)12(14)7-10/h3-7,9H,8,15H2,1-2H3. The van der Waals surface area contributed by atoms with E-state index in [1.54, 1.807) is 6.20 Å². The summed E-state index contributed by atoms with van der Waals surface area (Å²) in [7, 11) is 0. The summed E-state index contributed by atoms with van der Waals surface area (Å²) in [6.45, 7) is 4.67. The summed E-state index contributed by atoms with van der Waals surface area (Å²) in [5.74, 6) is 0. The Bertz CT molecular complexity index is 517. The van der Waals surface area contributed by atoms with Crippen molar-refractivity contribution >= 4 is 11.6 Å². The first-order valence-electron chi connectivity index (χ1n) is 5.66. The lowest BCUT2D eigenvalue weighted by molar-refractivity contribution is 0.538. The lowest BCUT2D eigenvalue weighted by Gasteiger charge is -2.12.